The highest BCUT2D eigenvalue weighted by Gasteiger charge is 2.15. The summed E-state index contributed by atoms with van der Waals surface area (Å²) in [6.07, 6.45) is 3.32. The largest absolute Gasteiger partial charge is 0.392 e. The predicted molar refractivity (Wildman–Crippen MR) is 41.9 cm³/mol. The smallest absolute Gasteiger partial charge is 0.0667 e. The van der Waals surface area contributed by atoms with Crippen LogP contribution in [0.5, 0.6) is 0 Å². The molecule has 0 radical (unpaired) electrons. The Morgan fingerprint density at radius 2 is 2.40 bits per heavy atom. The first-order valence-corrected chi connectivity index (χ1v) is 4.21. The summed E-state index contributed by atoms with van der Waals surface area (Å²) >= 11 is 0. The molecule has 0 aliphatic carbocycles. The summed E-state index contributed by atoms with van der Waals surface area (Å²) in [5.74, 6) is 0.741. The minimum atomic E-state index is -0.104. The second-order valence-electron chi connectivity index (χ2n) is 3.16. The highest BCUT2D eigenvalue weighted by atomic mass is 16.3. The Balaban J connectivity index is 2.30. The Hall–Kier alpha value is -0.0800. The fourth-order valence-electron chi connectivity index (χ4n) is 1.53. The fourth-order valence-corrected chi connectivity index (χ4v) is 1.53. The predicted octanol–water partition coefficient (Wildman–Crippen LogP) is 0.757. The van der Waals surface area contributed by atoms with E-state index < -0.39 is 0 Å². The minimum absolute atomic E-state index is 0.104. The van der Waals surface area contributed by atoms with E-state index in [9.17, 15) is 5.11 Å². The summed E-state index contributed by atoms with van der Waals surface area (Å²) in [6, 6.07) is 0. The molecule has 1 aliphatic heterocycles. The molecular formula is C8H17NO. The number of nitrogens with one attached hydrogen (secondary N) is 1. The summed E-state index contributed by atoms with van der Waals surface area (Å²) < 4.78 is 0. The zero-order chi connectivity index (χ0) is 7.40. The van der Waals surface area contributed by atoms with Crippen LogP contribution in [0.1, 0.15) is 26.2 Å². The van der Waals surface area contributed by atoms with Crippen molar-refractivity contribution in [1.82, 2.24) is 5.32 Å². The molecule has 0 saturated carbocycles. The molecule has 0 spiro atoms. The first kappa shape index (κ1) is 8.02. The monoisotopic (exact) mass is 143 g/mol. The third-order valence-electron chi connectivity index (χ3n) is 2.29. The molecule has 1 heterocycles. The molecule has 0 aromatic carbocycles. The average molecular weight is 143 g/mol. The van der Waals surface area contributed by atoms with Crippen molar-refractivity contribution < 1.29 is 5.11 Å². The molecule has 0 aromatic rings. The summed E-state index contributed by atoms with van der Waals surface area (Å²) in [5.41, 5.74) is 0. The van der Waals surface area contributed by atoms with Crippen LogP contribution in [-0.2, 0) is 0 Å². The minimum Gasteiger partial charge on any atom is -0.392 e. The van der Waals surface area contributed by atoms with Crippen LogP contribution in [0.3, 0.4) is 0 Å². The molecule has 10 heavy (non-hydrogen) atoms. The van der Waals surface area contributed by atoms with Crippen LogP contribution in [0.15, 0.2) is 0 Å². The van der Waals surface area contributed by atoms with Gasteiger partial charge in [-0.1, -0.05) is 13.3 Å². The van der Waals surface area contributed by atoms with Gasteiger partial charge in [-0.25, -0.2) is 0 Å². The van der Waals surface area contributed by atoms with E-state index in [1.54, 1.807) is 0 Å². The van der Waals surface area contributed by atoms with Gasteiger partial charge in [0.15, 0.2) is 0 Å². The summed E-state index contributed by atoms with van der Waals surface area (Å²) in [6.45, 7) is 4.06. The first-order valence-electron chi connectivity index (χ1n) is 4.21. The number of aliphatic hydroxyl groups is 1. The molecule has 60 valence electrons. The van der Waals surface area contributed by atoms with Crippen LogP contribution in [-0.4, -0.2) is 24.3 Å². The maximum atomic E-state index is 9.33. The van der Waals surface area contributed by atoms with Crippen LogP contribution in [0.25, 0.3) is 0 Å². The van der Waals surface area contributed by atoms with Crippen molar-refractivity contribution in [2.75, 3.05) is 13.1 Å². The summed E-state index contributed by atoms with van der Waals surface area (Å²) in [4.78, 5) is 0. The van der Waals surface area contributed by atoms with E-state index in [1.807, 2.05) is 0 Å². The molecule has 2 atom stereocenters. The Bertz CT molecular complexity index is 95.3. The van der Waals surface area contributed by atoms with E-state index in [0.717, 1.165) is 25.4 Å². The lowest BCUT2D eigenvalue weighted by Crippen LogP contribution is -2.23. The highest BCUT2D eigenvalue weighted by molar-refractivity contribution is 4.71. The van der Waals surface area contributed by atoms with Crippen LogP contribution in [0.2, 0.25) is 0 Å². The van der Waals surface area contributed by atoms with E-state index in [1.165, 1.54) is 12.8 Å². The first-order chi connectivity index (χ1) is 4.83. The van der Waals surface area contributed by atoms with Gasteiger partial charge >= 0.3 is 0 Å². The molecule has 1 rings (SSSR count). The van der Waals surface area contributed by atoms with Gasteiger partial charge in [-0.15, -0.1) is 0 Å². The van der Waals surface area contributed by atoms with Gasteiger partial charge in [-0.3, -0.25) is 0 Å². The maximum Gasteiger partial charge on any atom is 0.0667 e. The molecule has 1 saturated heterocycles. The van der Waals surface area contributed by atoms with Crippen molar-refractivity contribution in [1.29, 1.82) is 0 Å². The maximum absolute atomic E-state index is 9.33. The second-order valence-corrected chi connectivity index (χ2v) is 3.16. The van der Waals surface area contributed by atoms with Crippen LogP contribution in [0.4, 0.5) is 0 Å². The molecule has 2 N–H and O–H groups in total. The lowest BCUT2D eigenvalue weighted by atomic mass is 9.97. The number of hydrogen-bond donors (Lipinski definition) is 2. The standard InChI is InChI=1S/C8H17NO/c1-2-7-3-4-9-6-8(10)5-7/h7-10H,2-6H2,1H3. The number of β-amino-alcohol motifs (C(OH)–C–C–N with tert-alkyl or cyclic N) is 1. The highest BCUT2D eigenvalue weighted by Crippen LogP contribution is 2.16. The Labute approximate surface area is 62.6 Å². The van der Waals surface area contributed by atoms with Crippen LogP contribution < -0.4 is 5.32 Å². The van der Waals surface area contributed by atoms with E-state index >= 15 is 0 Å². The van der Waals surface area contributed by atoms with Gasteiger partial charge in [0.2, 0.25) is 0 Å². The van der Waals surface area contributed by atoms with Crippen molar-refractivity contribution in [3.8, 4) is 0 Å². The molecule has 1 fully saturated rings. The Morgan fingerprint density at radius 1 is 1.60 bits per heavy atom. The van der Waals surface area contributed by atoms with Gasteiger partial charge in [0, 0.05) is 6.54 Å². The van der Waals surface area contributed by atoms with Crippen molar-refractivity contribution in [2.24, 2.45) is 5.92 Å². The molecule has 1 aliphatic rings. The van der Waals surface area contributed by atoms with E-state index in [2.05, 4.69) is 12.2 Å². The molecule has 0 bridgehead atoms. The quantitative estimate of drug-likeness (QED) is 0.568. The average Bonchev–Trinajstić information content (AvgIpc) is 2.13. The molecular weight excluding hydrogens is 126 g/mol. The van der Waals surface area contributed by atoms with Crippen LogP contribution >= 0.6 is 0 Å². The number of aliphatic hydroxyl groups excluding tert-OH is 1. The third kappa shape index (κ3) is 2.27. The second kappa shape index (κ2) is 3.94. The van der Waals surface area contributed by atoms with Crippen LogP contribution in [0, 0.1) is 5.92 Å². The summed E-state index contributed by atoms with van der Waals surface area (Å²) in [5, 5.41) is 12.5. The molecule has 2 heteroatoms. The van der Waals surface area contributed by atoms with Crippen molar-refractivity contribution in [2.45, 2.75) is 32.3 Å². The van der Waals surface area contributed by atoms with Gasteiger partial charge < -0.3 is 10.4 Å². The number of rotatable bonds is 1. The molecule has 2 unspecified atom stereocenters. The normalized spacial score (nSPS) is 35.4. The SMILES string of the molecule is CCC1CCNCC(O)C1. The van der Waals surface area contributed by atoms with Crippen molar-refractivity contribution >= 4 is 0 Å². The molecule has 0 amide bonds. The zero-order valence-electron chi connectivity index (χ0n) is 6.64. The Kier molecular flexibility index (Phi) is 3.16. The third-order valence-corrected chi connectivity index (χ3v) is 2.29. The topological polar surface area (TPSA) is 32.3 Å². The van der Waals surface area contributed by atoms with Gasteiger partial charge in [-0.05, 0) is 25.3 Å². The lowest BCUT2D eigenvalue weighted by molar-refractivity contribution is 0.151. The number of hydrogen-bond acceptors (Lipinski definition) is 2. The van der Waals surface area contributed by atoms with Gasteiger partial charge in [0.25, 0.3) is 0 Å². The van der Waals surface area contributed by atoms with E-state index in [0.29, 0.717) is 0 Å². The molecule has 2 nitrogen and oxygen atoms in total. The Morgan fingerprint density at radius 3 is 3.10 bits per heavy atom. The molecule has 0 aromatic heterocycles. The van der Waals surface area contributed by atoms with Gasteiger partial charge in [0.05, 0.1) is 6.10 Å². The van der Waals surface area contributed by atoms with Gasteiger partial charge in [0.1, 0.15) is 0 Å². The van der Waals surface area contributed by atoms with E-state index in [4.69, 9.17) is 0 Å². The summed E-state index contributed by atoms with van der Waals surface area (Å²) in [7, 11) is 0. The van der Waals surface area contributed by atoms with Crippen molar-refractivity contribution in [3.05, 3.63) is 0 Å². The fraction of sp³-hybridized carbons (Fsp3) is 1.00. The lowest BCUT2D eigenvalue weighted by Gasteiger charge is -2.12. The van der Waals surface area contributed by atoms with E-state index in [-0.39, 0.29) is 6.10 Å². The van der Waals surface area contributed by atoms with Gasteiger partial charge in [-0.2, -0.15) is 0 Å². The van der Waals surface area contributed by atoms with Crippen molar-refractivity contribution in [3.63, 3.8) is 0 Å². The zero-order valence-corrected chi connectivity index (χ0v) is 6.64.